The fourth-order valence-electron chi connectivity index (χ4n) is 4.42. The van der Waals surface area contributed by atoms with Gasteiger partial charge < -0.3 is 4.90 Å². The van der Waals surface area contributed by atoms with Crippen LogP contribution in [0.25, 0.3) is 6.08 Å². The Bertz CT molecular complexity index is 768. The van der Waals surface area contributed by atoms with Gasteiger partial charge in [-0.15, -0.1) is 0 Å². The van der Waals surface area contributed by atoms with Crippen LogP contribution in [0.15, 0.2) is 60.7 Å². The summed E-state index contributed by atoms with van der Waals surface area (Å²) in [5.41, 5.74) is 2.54. The quantitative estimate of drug-likeness (QED) is 0.730. The molecule has 2 aromatic rings. The first-order valence-corrected chi connectivity index (χ1v) is 10.8. The fraction of sp³-hybridized carbons (Fsp3) is 0.417. The number of anilines is 1. The van der Waals surface area contributed by atoms with Gasteiger partial charge >= 0.3 is 0 Å². The molecular weight excluding hydrogens is 366 g/mol. The van der Waals surface area contributed by atoms with E-state index in [0.29, 0.717) is 6.04 Å². The second-order valence-electron chi connectivity index (χ2n) is 7.87. The molecule has 2 fully saturated rings. The Morgan fingerprint density at radius 3 is 2.54 bits per heavy atom. The second-order valence-corrected chi connectivity index (χ2v) is 8.31. The predicted octanol–water partition coefficient (Wildman–Crippen LogP) is 4.64. The van der Waals surface area contributed by atoms with E-state index in [4.69, 9.17) is 11.6 Å². The molecule has 3 nitrogen and oxygen atoms in total. The molecule has 0 spiro atoms. The molecule has 1 atom stereocenters. The van der Waals surface area contributed by atoms with Crippen molar-refractivity contribution in [3.05, 3.63) is 71.3 Å². The number of piperazine rings is 1. The molecule has 0 aliphatic carbocycles. The van der Waals surface area contributed by atoms with Crippen molar-refractivity contribution in [2.75, 3.05) is 50.7 Å². The number of hydrogen-bond donors (Lipinski definition) is 0. The van der Waals surface area contributed by atoms with Gasteiger partial charge in [-0.05, 0) is 43.1 Å². The van der Waals surface area contributed by atoms with Gasteiger partial charge in [-0.1, -0.05) is 60.2 Å². The summed E-state index contributed by atoms with van der Waals surface area (Å²) in [7, 11) is 0. The van der Waals surface area contributed by atoms with Crippen molar-refractivity contribution in [3.63, 3.8) is 0 Å². The molecule has 0 radical (unpaired) electrons. The molecule has 4 rings (SSSR count). The monoisotopic (exact) mass is 395 g/mol. The molecule has 0 saturated carbocycles. The van der Waals surface area contributed by atoms with Crippen LogP contribution in [0.2, 0.25) is 5.02 Å². The Morgan fingerprint density at radius 2 is 1.75 bits per heavy atom. The lowest BCUT2D eigenvalue weighted by Gasteiger charge is -2.43. The molecule has 28 heavy (non-hydrogen) atoms. The van der Waals surface area contributed by atoms with Crippen LogP contribution >= 0.6 is 11.6 Å². The first kappa shape index (κ1) is 19.5. The standard InChI is InChI=1S/C24H30ClN3/c25-22-10-4-11-23(19-22)27-15-17-28(18-16-27)24-12-6-14-26(20-24)13-5-9-21-7-2-1-3-8-21/h1-5,7-11,19,24H,6,12-18,20H2/b9-5+. The van der Waals surface area contributed by atoms with Gasteiger partial charge in [0.05, 0.1) is 0 Å². The summed E-state index contributed by atoms with van der Waals surface area (Å²) in [6.45, 7) is 7.92. The highest BCUT2D eigenvalue weighted by molar-refractivity contribution is 6.30. The molecule has 4 heteroatoms. The third kappa shape index (κ3) is 5.16. The SMILES string of the molecule is Clc1cccc(N2CCN(C3CCCN(C/C=C/c4ccccc4)C3)CC2)c1. The lowest BCUT2D eigenvalue weighted by atomic mass is 10.0. The summed E-state index contributed by atoms with van der Waals surface area (Å²) < 4.78 is 0. The minimum absolute atomic E-state index is 0.695. The normalized spacial score (nSPS) is 22.0. The van der Waals surface area contributed by atoms with Gasteiger partial charge in [0.1, 0.15) is 0 Å². The van der Waals surface area contributed by atoms with E-state index in [1.54, 1.807) is 0 Å². The largest absolute Gasteiger partial charge is 0.369 e. The highest BCUT2D eigenvalue weighted by Gasteiger charge is 2.27. The zero-order valence-electron chi connectivity index (χ0n) is 16.5. The Kier molecular flexibility index (Phi) is 6.69. The molecule has 2 saturated heterocycles. The van der Waals surface area contributed by atoms with Crippen molar-refractivity contribution >= 4 is 23.4 Å². The molecular formula is C24H30ClN3. The van der Waals surface area contributed by atoms with Crippen LogP contribution < -0.4 is 4.90 Å². The maximum atomic E-state index is 6.16. The van der Waals surface area contributed by atoms with Crippen LogP contribution in [-0.4, -0.2) is 61.7 Å². The third-order valence-electron chi connectivity index (χ3n) is 5.96. The van der Waals surface area contributed by atoms with Gasteiger partial charge in [0.25, 0.3) is 0 Å². The van der Waals surface area contributed by atoms with E-state index in [-0.39, 0.29) is 0 Å². The van der Waals surface area contributed by atoms with Crippen LogP contribution in [0.5, 0.6) is 0 Å². The zero-order valence-corrected chi connectivity index (χ0v) is 17.3. The number of piperidine rings is 1. The van der Waals surface area contributed by atoms with E-state index in [2.05, 4.69) is 69.3 Å². The number of nitrogens with zero attached hydrogens (tertiary/aromatic N) is 3. The minimum Gasteiger partial charge on any atom is -0.369 e. The average molecular weight is 396 g/mol. The average Bonchev–Trinajstić information content (AvgIpc) is 2.75. The summed E-state index contributed by atoms with van der Waals surface area (Å²) in [6, 6.07) is 19.5. The Morgan fingerprint density at radius 1 is 0.929 bits per heavy atom. The molecule has 1 unspecified atom stereocenters. The molecule has 0 N–H and O–H groups in total. The van der Waals surface area contributed by atoms with Gasteiger partial charge in [-0.2, -0.15) is 0 Å². The molecule has 2 aromatic carbocycles. The van der Waals surface area contributed by atoms with Crippen molar-refractivity contribution in [3.8, 4) is 0 Å². The van der Waals surface area contributed by atoms with Gasteiger partial charge in [0, 0.05) is 56.0 Å². The maximum absolute atomic E-state index is 6.16. The van der Waals surface area contributed by atoms with Gasteiger partial charge in [0.15, 0.2) is 0 Å². The molecule has 2 aliphatic rings. The van der Waals surface area contributed by atoms with Gasteiger partial charge in [-0.3, -0.25) is 9.80 Å². The van der Waals surface area contributed by atoms with E-state index in [1.807, 2.05) is 12.1 Å². The predicted molar refractivity (Wildman–Crippen MR) is 120 cm³/mol. The van der Waals surface area contributed by atoms with Crippen molar-refractivity contribution in [1.82, 2.24) is 9.80 Å². The topological polar surface area (TPSA) is 9.72 Å². The van der Waals surface area contributed by atoms with E-state index in [0.717, 1.165) is 37.7 Å². The Balaban J connectivity index is 1.26. The summed E-state index contributed by atoms with van der Waals surface area (Å²) in [4.78, 5) is 7.77. The Hall–Kier alpha value is -1.81. The molecule has 0 bridgehead atoms. The highest BCUT2D eigenvalue weighted by Crippen LogP contribution is 2.23. The first-order chi connectivity index (χ1) is 13.8. The van der Waals surface area contributed by atoms with Crippen molar-refractivity contribution < 1.29 is 0 Å². The summed E-state index contributed by atoms with van der Waals surface area (Å²) in [6.07, 6.45) is 7.19. The number of halogens is 1. The maximum Gasteiger partial charge on any atom is 0.0426 e. The second kappa shape index (κ2) is 9.60. The van der Waals surface area contributed by atoms with Crippen LogP contribution in [0.3, 0.4) is 0 Å². The lowest BCUT2D eigenvalue weighted by molar-refractivity contribution is 0.0991. The lowest BCUT2D eigenvalue weighted by Crippen LogP contribution is -2.55. The van der Waals surface area contributed by atoms with Crippen LogP contribution in [0.4, 0.5) is 5.69 Å². The minimum atomic E-state index is 0.695. The van der Waals surface area contributed by atoms with Crippen molar-refractivity contribution in [2.24, 2.45) is 0 Å². The smallest absolute Gasteiger partial charge is 0.0426 e. The number of rotatable bonds is 5. The summed E-state index contributed by atoms with van der Waals surface area (Å²) >= 11 is 6.16. The summed E-state index contributed by atoms with van der Waals surface area (Å²) in [5, 5.41) is 0.825. The molecule has 2 heterocycles. The number of hydrogen-bond acceptors (Lipinski definition) is 3. The molecule has 148 valence electrons. The van der Waals surface area contributed by atoms with E-state index in [1.165, 1.54) is 37.2 Å². The highest BCUT2D eigenvalue weighted by atomic mass is 35.5. The first-order valence-electron chi connectivity index (χ1n) is 10.5. The van der Waals surface area contributed by atoms with E-state index in [9.17, 15) is 0 Å². The van der Waals surface area contributed by atoms with E-state index < -0.39 is 0 Å². The molecule has 0 amide bonds. The van der Waals surface area contributed by atoms with Gasteiger partial charge in [-0.25, -0.2) is 0 Å². The van der Waals surface area contributed by atoms with Crippen molar-refractivity contribution in [2.45, 2.75) is 18.9 Å². The van der Waals surface area contributed by atoms with Crippen LogP contribution in [-0.2, 0) is 0 Å². The molecule has 2 aliphatic heterocycles. The third-order valence-corrected chi connectivity index (χ3v) is 6.19. The van der Waals surface area contributed by atoms with Crippen molar-refractivity contribution in [1.29, 1.82) is 0 Å². The van der Waals surface area contributed by atoms with Gasteiger partial charge in [0.2, 0.25) is 0 Å². The Labute approximate surface area is 174 Å². The molecule has 0 aromatic heterocycles. The van der Waals surface area contributed by atoms with E-state index >= 15 is 0 Å². The van der Waals surface area contributed by atoms with Crippen LogP contribution in [0.1, 0.15) is 18.4 Å². The number of likely N-dealkylation sites (tertiary alicyclic amines) is 1. The zero-order chi connectivity index (χ0) is 19.2. The number of benzene rings is 2. The summed E-state index contributed by atoms with van der Waals surface area (Å²) in [5.74, 6) is 0. The fourth-order valence-corrected chi connectivity index (χ4v) is 4.60. The van der Waals surface area contributed by atoms with Crippen LogP contribution in [0, 0.1) is 0 Å².